The first-order valence-corrected chi connectivity index (χ1v) is 7.06. The van der Waals surface area contributed by atoms with Gasteiger partial charge in [-0.2, -0.15) is 0 Å². The molecule has 1 fully saturated rings. The molecule has 0 aliphatic carbocycles. The SMILES string of the molecule is CC[C@@H](C)NC(=O)N1CCN(c2ccccc2)CC1. The number of carbonyl (C=O) groups excluding carboxylic acids is 1. The highest BCUT2D eigenvalue weighted by molar-refractivity contribution is 5.74. The van der Waals surface area contributed by atoms with Crippen molar-refractivity contribution in [1.82, 2.24) is 10.2 Å². The first-order valence-electron chi connectivity index (χ1n) is 7.06. The fourth-order valence-electron chi connectivity index (χ4n) is 2.21. The molecule has 19 heavy (non-hydrogen) atoms. The van der Waals surface area contributed by atoms with Gasteiger partial charge in [-0.15, -0.1) is 0 Å². The first kappa shape index (κ1) is 13.7. The molecule has 1 aliphatic heterocycles. The molecule has 2 amide bonds. The molecule has 104 valence electrons. The Hall–Kier alpha value is -1.71. The lowest BCUT2D eigenvalue weighted by Crippen LogP contribution is -2.53. The molecule has 1 aromatic carbocycles. The third-order valence-electron chi connectivity index (χ3n) is 3.67. The highest BCUT2D eigenvalue weighted by Gasteiger charge is 2.21. The van der Waals surface area contributed by atoms with Gasteiger partial charge in [-0.3, -0.25) is 0 Å². The predicted octanol–water partition coefficient (Wildman–Crippen LogP) is 2.32. The number of hydrogen-bond donors (Lipinski definition) is 1. The van der Waals surface area contributed by atoms with E-state index in [4.69, 9.17) is 0 Å². The Labute approximate surface area is 115 Å². The first-order chi connectivity index (χ1) is 9.20. The Morgan fingerprint density at radius 3 is 2.42 bits per heavy atom. The van der Waals surface area contributed by atoms with Crippen LogP contribution in [0.15, 0.2) is 30.3 Å². The number of nitrogens with one attached hydrogen (secondary N) is 1. The maximum atomic E-state index is 12.0. The zero-order valence-corrected chi connectivity index (χ0v) is 11.8. The molecule has 1 heterocycles. The minimum atomic E-state index is 0.0714. The summed E-state index contributed by atoms with van der Waals surface area (Å²) in [5.74, 6) is 0. The van der Waals surface area contributed by atoms with E-state index in [1.807, 2.05) is 17.9 Å². The van der Waals surface area contributed by atoms with Crippen LogP contribution in [0.5, 0.6) is 0 Å². The van der Waals surface area contributed by atoms with Crippen molar-refractivity contribution in [1.29, 1.82) is 0 Å². The van der Waals surface area contributed by atoms with Gasteiger partial charge < -0.3 is 15.1 Å². The van der Waals surface area contributed by atoms with Crippen molar-refractivity contribution >= 4 is 11.7 Å². The van der Waals surface area contributed by atoms with Crippen LogP contribution in [0.1, 0.15) is 20.3 Å². The lowest BCUT2D eigenvalue weighted by molar-refractivity contribution is 0.191. The van der Waals surface area contributed by atoms with Crippen molar-refractivity contribution in [3.05, 3.63) is 30.3 Å². The minimum Gasteiger partial charge on any atom is -0.368 e. The summed E-state index contributed by atoms with van der Waals surface area (Å²) in [5, 5.41) is 3.02. The lowest BCUT2D eigenvalue weighted by Gasteiger charge is -2.36. The Morgan fingerprint density at radius 1 is 1.21 bits per heavy atom. The van der Waals surface area contributed by atoms with E-state index in [1.54, 1.807) is 0 Å². The van der Waals surface area contributed by atoms with Gasteiger partial charge in [0.05, 0.1) is 0 Å². The quantitative estimate of drug-likeness (QED) is 0.906. The van der Waals surface area contributed by atoms with Gasteiger partial charge in [0.1, 0.15) is 0 Å². The molecule has 1 aliphatic rings. The number of piperazine rings is 1. The molecule has 0 aromatic heterocycles. The molecule has 2 rings (SSSR count). The maximum Gasteiger partial charge on any atom is 0.317 e. The number of nitrogens with zero attached hydrogens (tertiary/aromatic N) is 2. The molecular weight excluding hydrogens is 238 g/mol. The van der Waals surface area contributed by atoms with Crippen LogP contribution >= 0.6 is 0 Å². The fourth-order valence-corrected chi connectivity index (χ4v) is 2.21. The topological polar surface area (TPSA) is 35.6 Å². The van der Waals surface area contributed by atoms with Gasteiger partial charge in [0.25, 0.3) is 0 Å². The second-order valence-electron chi connectivity index (χ2n) is 5.07. The number of benzene rings is 1. The highest BCUT2D eigenvalue weighted by atomic mass is 16.2. The second-order valence-corrected chi connectivity index (χ2v) is 5.07. The molecule has 0 bridgehead atoms. The summed E-state index contributed by atoms with van der Waals surface area (Å²) in [5.41, 5.74) is 1.24. The van der Waals surface area contributed by atoms with Crippen LogP contribution in [0.4, 0.5) is 10.5 Å². The fraction of sp³-hybridized carbons (Fsp3) is 0.533. The summed E-state index contributed by atoms with van der Waals surface area (Å²) in [4.78, 5) is 16.2. The van der Waals surface area contributed by atoms with Gasteiger partial charge in [-0.1, -0.05) is 25.1 Å². The monoisotopic (exact) mass is 261 g/mol. The van der Waals surface area contributed by atoms with Gasteiger partial charge in [-0.25, -0.2) is 4.79 Å². The molecule has 4 nitrogen and oxygen atoms in total. The molecule has 0 radical (unpaired) electrons. The van der Waals surface area contributed by atoms with Crippen LogP contribution in [0.2, 0.25) is 0 Å². The molecular formula is C15H23N3O. The molecule has 1 aromatic rings. The average Bonchev–Trinajstić information content (AvgIpc) is 2.48. The number of urea groups is 1. The van der Waals surface area contributed by atoms with E-state index in [9.17, 15) is 4.79 Å². The summed E-state index contributed by atoms with van der Waals surface area (Å²) in [6, 6.07) is 10.7. The zero-order chi connectivity index (χ0) is 13.7. The summed E-state index contributed by atoms with van der Waals surface area (Å²) in [6.07, 6.45) is 0.968. The van der Waals surface area contributed by atoms with E-state index in [2.05, 4.69) is 41.4 Å². The third kappa shape index (κ3) is 3.63. The molecule has 0 saturated carbocycles. The van der Waals surface area contributed by atoms with Gasteiger partial charge >= 0.3 is 6.03 Å². The number of rotatable bonds is 3. The Kier molecular flexibility index (Phi) is 4.66. The minimum absolute atomic E-state index is 0.0714. The van der Waals surface area contributed by atoms with Crippen molar-refractivity contribution in [2.45, 2.75) is 26.3 Å². The van der Waals surface area contributed by atoms with Gasteiger partial charge in [0, 0.05) is 37.9 Å². The van der Waals surface area contributed by atoms with Crippen LogP contribution in [0.25, 0.3) is 0 Å². The molecule has 1 saturated heterocycles. The number of para-hydroxylation sites is 1. The summed E-state index contributed by atoms with van der Waals surface area (Å²) in [7, 11) is 0. The van der Waals surface area contributed by atoms with E-state index < -0.39 is 0 Å². The second kappa shape index (κ2) is 6.45. The van der Waals surface area contributed by atoms with Gasteiger partial charge in [-0.05, 0) is 25.5 Å². The van der Waals surface area contributed by atoms with Crippen LogP contribution in [0, 0.1) is 0 Å². The number of anilines is 1. The van der Waals surface area contributed by atoms with E-state index in [0.29, 0.717) is 0 Å². The molecule has 1 atom stereocenters. The van der Waals surface area contributed by atoms with E-state index in [1.165, 1.54) is 5.69 Å². The van der Waals surface area contributed by atoms with Crippen molar-refractivity contribution < 1.29 is 4.79 Å². The van der Waals surface area contributed by atoms with Crippen LogP contribution in [-0.4, -0.2) is 43.2 Å². The number of amides is 2. The van der Waals surface area contributed by atoms with E-state index >= 15 is 0 Å². The average molecular weight is 261 g/mol. The van der Waals surface area contributed by atoms with Crippen molar-refractivity contribution in [3.8, 4) is 0 Å². The molecule has 4 heteroatoms. The zero-order valence-electron chi connectivity index (χ0n) is 11.8. The summed E-state index contributed by atoms with van der Waals surface area (Å²) in [6.45, 7) is 7.50. The lowest BCUT2D eigenvalue weighted by atomic mass is 10.2. The smallest absolute Gasteiger partial charge is 0.317 e. The number of hydrogen-bond acceptors (Lipinski definition) is 2. The molecule has 0 unspecified atom stereocenters. The van der Waals surface area contributed by atoms with Crippen LogP contribution < -0.4 is 10.2 Å². The molecule has 0 spiro atoms. The molecule has 1 N–H and O–H groups in total. The highest BCUT2D eigenvalue weighted by Crippen LogP contribution is 2.15. The van der Waals surface area contributed by atoms with Crippen LogP contribution in [0.3, 0.4) is 0 Å². The van der Waals surface area contributed by atoms with Crippen molar-refractivity contribution in [2.75, 3.05) is 31.1 Å². The predicted molar refractivity (Wildman–Crippen MR) is 78.5 cm³/mol. The summed E-state index contributed by atoms with van der Waals surface area (Å²) >= 11 is 0. The van der Waals surface area contributed by atoms with Crippen molar-refractivity contribution in [2.24, 2.45) is 0 Å². The Bertz CT molecular complexity index is 399. The number of carbonyl (C=O) groups is 1. The van der Waals surface area contributed by atoms with Gasteiger partial charge in [0.15, 0.2) is 0 Å². The van der Waals surface area contributed by atoms with E-state index in [0.717, 1.165) is 32.6 Å². The van der Waals surface area contributed by atoms with Crippen LogP contribution in [-0.2, 0) is 0 Å². The Balaban J connectivity index is 1.84. The van der Waals surface area contributed by atoms with Crippen molar-refractivity contribution in [3.63, 3.8) is 0 Å². The van der Waals surface area contributed by atoms with Gasteiger partial charge in [0.2, 0.25) is 0 Å². The normalized spacial score (nSPS) is 17.2. The van der Waals surface area contributed by atoms with E-state index in [-0.39, 0.29) is 12.1 Å². The Morgan fingerprint density at radius 2 is 1.84 bits per heavy atom. The third-order valence-corrected chi connectivity index (χ3v) is 3.67. The maximum absolute atomic E-state index is 12.0. The largest absolute Gasteiger partial charge is 0.368 e. The summed E-state index contributed by atoms with van der Waals surface area (Å²) < 4.78 is 0. The standard InChI is InChI=1S/C15H23N3O/c1-3-13(2)16-15(19)18-11-9-17(10-12-18)14-7-5-4-6-8-14/h4-8,13H,3,9-12H2,1-2H3,(H,16,19)/t13-/m1/s1.